The molecule has 0 fully saturated rings. The van der Waals surface area contributed by atoms with Crippen molar-refractivity contribution in [3.8, 4) is 0 Å². The summed E-state index contributed by atoms with van der Waals surface area (Å²) in [5.74, 6) is 0.692. The standard InChI is InChI=1S/C15H17BrN2O2/c1-11(13-6-2-3-7-14(13)16)17-10-15(19)18-9-12-5-4-8-20-12/h2-8,11,17H,9-10H2,1H3,(H,18,19)/t11-/m1/s1. The smallest absolute Gasteiger partial charge is 0.234 e. The van der Waals surface area contributed by atoms with Gasteiger partial charge in [-0.1, -0.05) is 34.1 Å². The van der Waals surface area contributed by atoms with Crippen molar-refractivity contribution < 1.29 is 9.21 Å². The van der Waals surface area contributed by atoms with Crippen LogP contribution in [0.25, 0.3) is 0 Å². The summed E-state index contributed by atoms with van der Waals surface area (Å²) in [7, 11) is 0. The topological polar surface area (TPSA) is 54.3 Å². The predicted molar refractivity (Wildman–Crippen MR) is 81.1 cm³/mol. The summed E-state index contributed by atoms with van der Waals surface area (Å²) in [6.45, 7) is 2.71. The Morgan fingerprint density at radius 2 is 2.10 bits per heavy atom. The fraction of sp³-hybridized carbons (Fsp3) is 0.267. The summed E-state index contributed by atoms with van der Waals surface area (Å²) in [6, 6.07) is 11.7. The quantitative estimate of drug-likeness (QED) is 0.852. The molecule has 1 heterocycles. The van der Waals surface area contributed by atoms with Crippen molar-refractivity contribution in [3.05, 3.63) is 58.5 Å². The molecule has 0 aliphatic heterocycles. The van der Waals surface area contributed by atoms with Crippen LogP contribution in [-0.4, -0.2) is 12.5 Å². The molecule has 0 bridgehead atoms. The second-order valence-corrected chi connectivity index (χ2v) is 5.33. The summed E-state index contributed by atoms with van der Waals surface area (Å²) in [6.07, 6.45) is 1.59. The lowest BCUT2D eigenvalue weighted by molar-refractivity contribution is -0.120. The molecule has 2 rings (SSSR count). The Kier molecular flexibility index (Phi) is 5.38. The summed E-state index contributed by atoms with van der Waals surface area (Å²) in [5.41, 5.74) is 1.13. The molecule has 0 unspecified atom stereocenters. The first-order chi connectivity index (χ1) is 9.66. The highest BCUT2D eigenvalue weighted by atomic mass is 79.9. The fourth-order valence-corrected chi connectivity index (χ4v) is 2.47. The molecule has 0 aliphatic rings. The van der Waals surface area contributed by atoms with Gasteiger partial charge in [-0.05, 0) is 30.7 Å². The van der Waals surface area contributed by atoms with Crippen molar-refractivity contribution in [1.29, 1.82) is 0 Å². The number of rotatable bonds is 6. The van der Waals surface area contributed by atoms with E-state index < -0.39 is 0 Å². The van der Waals surface area contributed by atoms with Gasteiger partial charge in [-0.15, -0.1) is 0 Å². The highest BCUT2D eigenvalue weighted by Crippen LogP contribution is 2.22. The summed E-state index contributed by atoms with van der Waals surface area (Å²) < 4.78 is 6.19. The van der Waals surface area contributed by atoms with Crippen LogP contribution in [-0.2, 0) is 11.3 Å². The monoisotopic (exact) mass is 336 g/mol. The van der Waals surface area contributed by atoms with Gasteiger partial charge < -0.3 is 15.1 Å². The zero-order valence-corrected chi connectivity index (χ0v) is 12.8. The fourth-order valence-electron chi connectivity index (χ4n) is 1.84. The first-order valence-corrected chi connectivity index (χ1v) is 7.23. The Bertz CT molecular complexity index is 555. The van der Waals surface area contributed by atoms with Crippen LogP contribution in [0.15, 0.2) is 51.6 Å². The van der Waals surface area contributed by atoms with Crippen LogP contribution in [0.1, 0.15) is 24.3 Å². The van der Waals surface area contributed by atoms with Crippen LogP contribution in [0.3, 0.4) is 0 Å². The first kappa shape index (κ1) is 14.8. The zero-order chi connectivity index (χ0) is 14.4. The van der Waals surface area contributed by atoms with Gasteiger partial charge in [-0.25, -0.2) is 0 Å². The van der Waals surface area contributed by atoms with Gasteiger partial charge >= 0.3 is 0 Å². The van der Waals surface area contributed by atoms with Crippen molar-refractivity contribution in [2.45, 2.75) is 19.5 Å². The predicted octanol–water partition coefficient (Wildman–Crippen LogP) is 3.01. The number of furan rings is 1. The number of hydrogen-bond donors (Lipinski definition) is 2. The van der Waals surface area contributed by atoms with Gasteiger partial charge in [0.05, 0.1) is 19.4 Å². The molecule has 0 aliphatic carbocycles. The van der Waals surface area contributed by atoms with Gasteiger partial charge in [-0.3, -0.25) is 4.79 Å². The van der Waals surface area contributed by atoms with Gasteiger partial charge in [0.2, 0.25) is 5.91 Å². The lowest BCUT2D eigenvalue weighted by Crippen LogP contribution is -2.34. The first-order valence-electron chi connectivity index (χ1n) is 6.43. The number of nitrogens with one attached hydrogen (secondary N) is 2. The minimum Gasteiger partial charge on any atom is -0.467 e. The second-order valence-electron chi connectivity index (χ2n) is 4.48. The van der Waals surface area contributed by atoms with Crippen LogP contribution >= 0.6 is 15.9 Å². The Morgan fingerprint density at radius 1 is 1.30 bits per heavy atom. The normalized spacial score (nSPS) is 12.1. The van der Waals surface area contributed by atoms with Gasteiger partial charge in [0.1, 0.15) is 5.76 Å². The second kappa shape index (κ2) is 7.26. The van der Waals surface area contributed by atoms with E-state index in [1.54, 1.807) is 12.3 Å². The van der Waals surface area contributed by atoms with Crippen molar-refractivity contribution in [1.82, 2.24) is 10.6 Å². The SMILES string of the molecule is C[C@@H](NCC(=O)NCc1ccco1)c1ccccc1Br. The van der Waals surface area contributed by atoms with Gasteiger partial charge in [0, 0.05) is 10.5 Å². The Morgan fingerprint density at radius 3 is 2.80 bits per heavy atom. The Hall–Kier alpha value is -1.59. The zero-order valence-electron chi connectivity index (χ0n) is 11.2. The highest BCUT2D eigenvalue weighted by molar-refractivity contribution is 9.10. The van der Waals surface area contributed by atoms with Crippen LogP contribution in [0, 0.1) is 0 Å². The number of halogens is 1. The van der Waals surface area contributed by atoms with Gasteiger partial charge in [0.15, 0.2) is 0 Å². The van der Waals surface area contributed by atoms with E-state index in [-0.39, 0.29) is 18.5 Å². The minimum absolute atomic E-state index is 0.0553. The van der Waals surface area contributed by atoms with E-state index in [4.69, 9.17) is 4.42 Å². The highest BCUT2D eigenvalue weighted by Gasteiger charge is 2.10. The van der Waals surface area contributed by atoms with Gasteiger partial charge in [0.25, 0.3) is 0 Å². The number of hydrogen-bond acceptors (Lipinski definition) is 3. The molecule has 0 saturated carbocycles. The number of carbonyl (C=O) groups is 1. The van der Waals surface area contributed by atoms with E-state index in [2.05, 4.69) is 26.6 Å². The Labute approximate surface area is 126 Å². The molecular formula is C15H17BrN2O2. The van der Waals surface area contributed by atoms with Crippen molar-refractivity contribution in [2.24, 2.45) is 0 Å². The molecule has 0 radical (unpaired) electrons. The van der Waals surface area contributed by atoms with Crippen LogP contribution < -0.4 is 10.6 Å². The molecule has 1 aromatic carbocycles. The average Bonchev–Trinajstić information content (AvgIpc) is 2.96. The van der Waals surface area contributed by atoms with E-state index in [0.717, 1.165) is 15.8 Å². The molecule has 1 aromatic heterocycles. The summed E-state index contributed by atoms with van der Waals surface area (Å²) in [5, 5.41) is 6.00. The lowest BCUT2D eigenvalue weighted by Gasteiger charge is -2.15. The maximum Gasteiger partial charge on any atom is 0.234 e. The van der Waals surface area contributed by atoms with Crippen molar-refractivity contribution in [3.63, 3.8) is 0 Å². The van der Waals surface area contributed by atoms with Crippen molar-refractivity contribution in [2.75, 3.05) is 6.54 Å². The van der Waals surface area contributed by atoms with Crippen LogP contribution in [0.4, 0.5) is 0 Å². The van der Waals surface area contributed by atoms with E-state index in [0.29, 0.717) is 6.54 Å². The van der Waals surface area contributed by atoms with Crippen LogP contribution in [0.2, 0.25) is 0 Å². The molecule has 5 heteroatoms. The molecule has 4 nitrogen and oxygen atoms in total. The van der Waals surface area contributed by atoms with E-state index >= 15 is 0 Å². The molecule has 1 atom stereocenters. The van der Waals surface area contributed by atoms with Gasteiger partial charge in [-0.2, -0.15) is 0 Å². The molecule has 106 valence electrons. The van der Waals surface area contributed by atoms with Crippen LogP contribution in [0.5, 0.6) is 0 Å². The van der Waals surface area contributed by atoms with E-state index in [1.807, 2.05) is 37.3 Å². The molecule has 0 spiro atoms. The summed E-state index contributed by atoms with van der Waals surface area (Å²) in [4.78, 5) is 11.7. The van der Waals surface area contributed by atoms with E-state index in [9.17, 15) is 4.79 Å². The average molecular weight is 337 g/mol. The third-order valence-corrected chi connectivity index (χ3v) is 3.70. The molecule has 1 amide bonds. The maximum atomic E-state index is 11.7. The molecule has 20 heavy (non-hydrogen) atoms. The van der Waals surface area contributed by atoms with Crippen molar-refractivity contribution >= 4 is 21.8 Å². The summed E-state index contributed by atoms with van der Waals surface area (Å²) >= 11 is 3.51. The molecular weight excluding hydrogens is 320 g/mol. The maximum absolute atomic E-state index is 11.7. The van der Waals surface area contributed by atoms with E-state index in [1.165, 1.54) is 0 Å². The third-order valence-electron chi connectivity index (χ3n) is 2.98. The largest absolute Gasteiger partial charge is 0.467 e. The molecule has 0 saturated heterocycles. The minimum atomic E-state index is -0.0553. The lowest BCUT2D eigenvalue weighted by atomic mass is 10.1. The molecule has 2 N–H and O–H groups in total. The Balaban J connectivity index is 1.77. The molecule has 2 aromatic rings. The number of carbonyl (C=O) groups excluding carboxylic acids is 1. The number of amides is 1. The third kappa shape index (κ3) is 4.21. The number of benzene rings is 1.